The Morgan fingerprint density at radius 2 is 0.837 bits per heavy atom. The van der Waals surface area contributed by atoms with Crippen LogP contribution in [0.15, 0.2) is 158 Å². The maximum absolute atomic E-state index is 4.93. The van der Waals surface area contributed by atoms with Crippen LogP contribution in [-0.2, 0) is 34.9 Å². The number of nitrogens with zero attached hydrogens (tertiary/aromatic N) is 2. The third kappa shape index (κ3) is 5.65. The van der Waals surface area contributed by atoms with Gasteiger partial charge >= 0.3 is 37.9 Å². The SMILES string of the molecule is Cn1c2ccccc2c2cc(-c3cccc4[cH-]ccc34)ccc21.Cn1c2ccccc2c2cc(-c3cccc4[cH-]ccc34)ccc21.[Cl][Zr+2][Cl]. The third-order valence-electron chi connectivity index (χ3n) is 9.81. The van der Waals surface area contributed by atoms with Crippen molar-refractivity contribution in [1.82, 2.24) is 9.13 Å². The van der Waals surface area contributed by atoms with Crippen molar-refractivity contribution in [3.63, 3.8) is 0 Å². The molecule has 10 aromatic rings. The van der Waals surface area contributed by atoms with Crippen LogP contribution in [0.5, 0.6) is 0 Å². The molecule has 0 saturated carbocycles. The van der Waals surface area contributed by atoms with Gasteiger partial charge in [-0.25, -0.2) is 0 Å². The van der Waals surface area contributed by atoms with Gasteiger partial charge in [-0.2, -0.15) is 24.3 Å². The van der Waals surface area contributed by atoms with Crippen LogP contribution in [0.2, 0.25) is 0 Å². The number of aryl methyl sites for hydroxylation is 2. The van der Waals surface area contributed by atoms with E-state index in [1.165, 1.54) is 87.4 Å². The molecule has 0 spiro atoms. The molecule has 10 rings (SSSR count). The van der Waals surface area contributed by atoms with E-state index < -0.39 is 20.8 Å². The van der Waals surface area contributed by atoms with Gasteiger partial charge in [0, 0.05) is 57.7 Å². The summed E-state index contributed by atoms with van der Waals surface area (Å²) in [6, 6.07) is 57.0. The van der Waals surface area contributed by atoms with E-state index in [0.717, 1.165) is 0 Å². The summed E-state index contributed by atoms with van der Waals surface area (Å²) in [4.78, 5) is 0. The van der Waals surface area contributed by atoms with Crippen molar-refractivity contribution in [2.24, 2.45) is 14.1 Å². The fraction of sp³-hybridized carbons (Fsp3) is 0.0455. The van der Waals surface area contributed by atoms with Crippen molar-refractivity contribution >= 4 is 82.2 Å². The summed E-state index contributed by atoms with van der Waals surface area (Å²) in [6.07, 6.45) is 0. The van der Waals surface area contributed by atoms with E-state index in [2.05, 4.69) is 181 Å². The molecular formula is C44H32Cl2N2Zr. The summed E-state index contributed by atoms with van der Waals surface area (Å²) >= 11 is -0.826. The molecule has 8 aromatic carbocycles. The molecule has 2 heterocycles. The first-order chi connectivity index (χ1) is 24.1. The van der Waals surface area contributed by atoms with Gasteiger partial charge in [-0.1, -0.05) is 71.8 Å². The number of rotatable bonds is 2. The summed E-state index contributed by atoms with van der Waals surface area (Å²) in [7, 11) is 14.2. The number of halogens is 2. The molecule has 0 fully saturated rings. The first-order valence-electron chi connectivity index (χ1n) is 16.3. The Balaban J connectivity index is 0.000000132. The molecule has 5 heteroatoms. The number of para-hydroxylation sites is 2. The predicted molar refractivity (Wildman–Crippen MR) is 210 cm³/mol. The maximum atomic E-state index is 4.93. The van der Waals surface area contributed by atoms with E-state index in [1.807, 2.05) is 0 Å². The van der Waals surface area contributed by atoms with Crippen LogP contribution in [-0.4, -0.2) is 9.13 Å². The average molecular weight is 751 g/mol. The second-order valence-electron chi connectivity index (χ2n) is 12.4. The Labute approximate surface area is 304 Å². The molecule has 0 aliphatic carbocycles. The average Bonchev–Trinajstić information content (AvgIpc) is 3.94. The van der Waals surface area contributed by atoms with Gasteiger partial charge in [0.2, 0.25) is 0 Å². The zero-order valence-electron chi connectivity index (χ0n) is 27.2. The van der Waals surface area contributed by atoms with Crippen molar-refractivity contribution < 1.29 is 20.8 Å². The molecule has 0 bridgehead atoms. The summed E-state index contributed by atoms with van der Waals surface area (Å²) in [5, 5.41) is 10.6. The number of hydrogen-bond acceptors (Lipinski definition) is 0. The van der Waals surface area contributed by atoms with Crippen molar-refractivity contribution in [2.45, 2.75) is 0 Å². The van der Waals surface area contributed by atoms with Gasteiger partial charge in [0.05, 0.1) is 0 Å². The number of aromatic nitrogens is 2. The van der Waals surface area contributed by atoms with Crippen LogP contribution in [0.25, 0.3) is 87.4 Å². The zero-order chi connectivity index (χ0) is 33.5. The Hall–Kier alpha value is -4.40. The number of hydrogen-bond donors (Lipinski definition) is 0. The molecule has 0 amide bonds. The molecule has 0 aliphatic rings. The van der Waals surface area contributed by atoms with E-state index in [9.17, 15) is 0 Å². The standard InChI is InChI=1S/2C22H16N.2ClH.Zr/c2*1-23-21-11-3-2-8-19(21)20-14-16(12-13-22(20)23)18-10-5-7-15-6-4-9-17(15)18;;;/h2*2-14H,1H3;2*1H;/q2*-1;;;+4/p-2. The predicted octanol–water partition coefficient (Wildman–Crippen LogP) is 13.1. The van der Waals surface area contributed by atoms with E-state index in [-0.39, 0.29) is 0 Å². The molecule has 2 aromatic heterocycles. The van der Waals surface area contributed by atoms with Gasteiger partial charge in [-0.15, -0.1) is 57.9 Å². The third-order valence-corrected chi connectivity index (χ3v) is 9.81. The first-order valence-corrected chi connectivity index (χ1v) is 22.6. The van der Waals surface area contributed by atoms with E-state index in [0.29, 0.717) is 0 Å². The van der Waals surface area contributed by atoms with Gasteiger partial charge in [0.25, 0.3) is 0 Å². The summed E-state index contributed by atoms with van der Waals surface area (Å²) in [6.45, 7) is 0. The molecule has 0 atom stereocenters. The normalized spacial score (nSPS) is 11.2. The molecule has 0 aliphatic heterocycles. The molecule has 0 radical (unpaired) electrons. The van der Waals surface area contributed by atoms with E-state index >= 15 is 0 Å². The second-order valence-corrected chi connectivity index (χ2v) is 16.1. The van der Waals surface area contributed by atoms with E-state index in [4.69, 9.17) is 17.0 Å². The molecule has 236 valence electrons. The van der Waals surface area contributed by atoms with Gasteiger partial charge in [-0.3, -0.25) is 0 Å². The first kappa shape index (κ1) is 31.8. The zero-order valence-corrected chi connectivity index (χ0v) is 31.1. The molecule has 2 nitrogen and oxygen atoms in total. The van der Waals surface area contributed by atoms with Crippen LogP contribution in [0.1, 0.15) is 0 Å². The van der Waals surface area contributed by atoms with Gasteiger partial charge in [0.15, 0.2) is 0 Å². The van der Waals surface area contributed by atoms with Crippen LogP contribution < -0.4 is 0 Å². The van der Waals surface area contributed by atoms with Gasteiger partial charge in [0.1, 0.15) is 0 Å². The monoisotopic (exact) mass is 748 g/mol. The quantitative estimate of drug-likeness (QED) is 0.156. The second kappa shape index (κ2) is 13.5. The molecule has 0 unspecified atom stereocenters. The molecule has 49 heavy (non-hydrogen) atoms. The number of fused-ring (bicyclic) bond motifs is 8. The minimum atomic E-state index is -0.826. The van der Waals surface area contributed by atoms with Crippen LogP contribution in [0, 0.1) is 0 Å². The van der Waals surface area contributed by atoms with Crippen molar-refractivity contribution in [3.05, 3.63) is 158 Å². The number of benzene rings is 6. The van der Waals surface area contributed by atoms with Crippen molar-refractivity contribution in [3.8, 4) is 22.3 Å². The summed E-state index contributed by atoms with van der Waals surface area (Å²) < 4.78 is 4.55. The molecule has 0 N–H and O–H groups in total. The van der Waals surface area contributed by atoms with Gasteiger partial charge in [-0.05, 0) is 47.5 Å². The molecule has 0 saturated heterocycles. The minimum absolute atomic E-state index is 0.826. The van der Waals surface area contributed by atoms with Crippen molar-refractivity contribution in [1.29, 1.82) is 0 Å². The van der Waals surface area contributed by atoms with Crippen LogP contribution >= 0.6 is 17.0 Å². The Morgan fingerprint density at radius 1 is 0.429 bits per heavy atom. The molecular weight excluding hydrogens is 719 g/mol. The van der Waals surface area contributed by atoms with Crippen LogP contribution in [0.3, 0.4) is 0 Å². The fourth-order valence-electron chi connectivity index (χ4n) is 7.50. The Bertz CT molecular complexity index is 2570. The van der Waals surface area contributed by atoms with E-state index in [1.54, 1.807) is 0 Å². The fourth-order valence-corrected chi connectivity index (χ4v) is 7.50. The summed E-state index contributed by atoms with van der Waals surface area (Å²) in [5.41, 5.74) is 10.3. The Kier molecular flexibility index (Phi) is 8.77. The van der Waals surface area contributed by atoms with Crippen molar-refractivity contribution in [2.75, 3.05) is 0 Å². The Morgan fingerprint density at radius 3 is 1.29 bits per heavy atom. The summed E-state index contributed by atoms with van der Waals surface area (Å²) in [5.74, 6) is 0. The van der Waals surface area contributed by atoms with Gasteiger partial charge < -0.3 is 9.13 Å². The topological polar surface area (TPSA) is 9.86 Å². The van der Waals surface area contributed by atoms with Crippen LogP contribution in [0.4, 0.5) is 0 Å².